The quantitative estimate of drug-likeness (QED) is 0.520. The van der Waals surface area contributed by atoms with Crippen molar-refractivity contribution in [1.82, 2.24) is 5.32 Å². The molecular weight excluding hydrogens is 190 g/mol. The summed E-state index contributed by atoms with van der Waals surface area (Å²) in [6.07, 6.45) is 5.91. The molecule has 0 rings (SSSR count). The third-order valence-electron chi connectivity index (χ3n) is 2.33. The molecule has 1 atom stereocenters. The van der Waals surface area contributed by atoms with Crippen LogP contribution in [0.3, 0.4) is 0 Å². The predicted octanol–water partition coefficient (Wildman–Crippen LogP) is 1.94. The zero-order valence-corrected chi connectivity index (χ0v) is 10.3. The second-order valence-corrected chi connectivity index (χ2v) is 3.95. The van der Waals surface area contributed by atoms with Crippen molar-refractivity contribution in [2.24, 2.45) is 0 Å². The maximum absolute atomic E-state index is 9.43. The highest BCUT2D eigenvalue weighted by atomic mass is 16.5. The molecule has 3 nitrogen and oxygen atoms in total. The first-order valence-electron chi connectivity index (χ1n) is 6.27. The minimum absolute atomic E-state index is 0.361. The summed E-state index contributed by atoms with van der Waals surface area (Å²) in [6.45, 7) is 7.02. The Balaban J connectivity index is 3.02. The summed E-state index contributed by atoms with van der Waals surface area (Å²) in [6, 6.07) is 0. The van der Waals surface area contributed by atoms with E-state index in [2.05, 4.69) is 12.2 Å². The lowest BCUT2D eigenvalue weighted by atomic mass is 10.2. The van der Waals surface area contributed by atoms with Crippen LogP contribution < -0.4 is 5.32 Å². The van der Waals surface area contributed by atoms with Crippen molar-refractivity contribution in [3.63, 3.8) is 0 Å². The van der Waals surface area contributed by atoms with Crippen LogP contribution >= 0.6 is 0 Å². The third kappa shape index (κ3) is 11.8. The maximum Gasteiger partial charge on any atom is 0.0897 e. The Hall–Kier alpha value is -0.120. The molecule has 0 aromatic rings. The van der Waals surface area contributed by atoms with Crippen LogP contribution in [0.2, 0.25) is 0 Å². The van der Waals surface area contributed by atoms with Gasteiger partial charge in [0.1, 0.15) is 0 Å². The first kappa shape index (κ1) is 14.9. The molecule has 0 radical (unpaired) electrons. The van der Waals surface area contributed by atoms with Gasteiger partial charge in [0.2, 0.25) is 0 Å². The molecule has 3 heteroatoms. The molecule has 0 saturated heterocycles. The summed E-state index contributed by atoms with van der Waals surface area (Å²) in [4.78, 5) is 0. The molecule has 0 aliphatic heterocycles. The Labute approximate surface area is 94.2 Å². The molecule has 0 heterocycles. The highest BCUT2D eigenvalue weighted by molar-refractivity contribution is 4.56. The number of aliphatic hydroxyl groups excluding tert-OH is 1. The Bertz CT molecular complexity index is 120. The average Bonchev–Trinajstić information content (AvgIpc) is 2.25. The molecule has 0 amide bonds. The van der Waals surface area contributed by atoms with Gasteiger partial charge in [-0.05, 0) is 13.0 Å². The Morgan fingerprint density at radius 2 is 1.87 bits per heavy atom. The predicted molar refractivity (Wildman–Crippen MR) is 64.1 cm³/mol. The standard InChI is InChI=1S/C12H27NO2/c1-3-5-6-7-8-9-15-11-12(14)10-13-4-2/h12-14H,3-11H2,1-2H3. The molecule has 0 spiro atoms. The van der Waals surface area contributed by atoms with Gasteiger partial charge in [-0.25, -0.2) is 0 Å². The van der Waals surface area contributed by atoms with Crippen molar-refractivity contribution in [1.29, 1.82) is 0 Å². The van der Waals surface area contributed by atoms with Crippen LogP contribution in [0.25, 0.3) is 0 Å². The van der Waals surface area contributed by atoms with Crippen molar-refractivity contribution in [2.45, 2.75) is 52.1 Å². The zero-order chi connectivity index (χ0) is 11.4. The van der Waals surface area contributed by atoms with Gasteiger partial charge in [0.25, 0.3) is 0 Å². The first-order valence-corrected chi connectivity index (χ1v) is 6.27. The molecule has 0 fully saturated rings. The van der Waals surface area contributed by atoms with Crippen LogP contribution in [0, 0.1) is 0 Å². The number of ether oxygens (including phenoxy) is 1. The second-order valence-electron chi connectivity index (χ2n) is 3.95. The molecule has 0 aliphatic rings. The first-order chi connectivity index (χ1) is 7.31. The van der Waals surface area contributed by atoms with E-state index in [4.69, 9.17) is 4.74 Å². The number of hydrogen-bond acceptors (Lipinski definition) is 3. The summed E-state index contributed by atoms with van der Waals surface area (Å²) in [7, 11) is 0. The minimum atomic E-state index is -0.361. The largest absolute Gasteiger partial charge is 0.389 e. The van der Waals surface area contributed by atoms with Crippen LogP contribution in [0.1, 0.15) is 46.0 Å². The molecule has 0 aliphatic carbocycles. The Morgan fingerprint density at radius 1 is 1.13 bits per heavy atom. The summed E-state index contributed by atoms with van der Waals surface area (Å²) in [5.41, 5.74) is 0. The van der Waals surface area contributed by atoms with E-state index in [-0.39, 0.29) is 6.10 Å². The van der Waals surface area contributed by atoms with E-state index < -0.39 is 0 Å². The van der Waals surface area contributed by atoms with Gasteiger partial charge in [0.15, 0.2) is 0 Å². The number of rotatable bonds is 11. The molecule has 0 saturated carbocycles. The van der Waals surface area contributed by atoms with Gasteiger partial charge < -0.3 is 15.2 Å². The number of likely N-dealkylation sites (N-methyl/N-ethyl adjacent to an activating group) is 1. The van der Waals surface area contributed by atoms with Gasteiger partial charge in [-0.2, -0.15) is 0 Å². The van der Waals surface area contributed by atoms with Crippen molar-refractivity contribution in [2.75, 3.05) is 26.3 Å². The summed E-state index contributed by atoms with van der Waals surface area (Å²) in [5, 5.41) is 12.5. The summed E-state index contributed by atoms with van der Waals surface area (Å²) >= 11 is 0. The van der Waals surface area contributed by atoms with Gasteiger partial charge in [0.05, 0.1) is 12.7 Å². The summed E-state index contributed by atoms with van der Waals surface area (Å²) in [5.74, 6) is 0. The molecular formula is C12H27NO2. The fourth-order valence-corrected chi connectivity index (χ4v) is 1.40. The van der Waals surface area contributed by atoms with E-state index in [1.165, 1.54) is 25.7 Å². The van der Waals surface area contributed by atoms with Crippen LogP contribution in [0.5, 0.6) is 0 Å². The van der Waals surface area contributed by atoms with Crippen LogP contribution in [-0.2, 0) is 4.74 Å². The molecule has 2 N–H and O–H groups in total. The van der Waals surface area contributed by atoms with Gasteiger partial charge >= 0.3 is 0 Å². The highest BCUT2D eigenvalue weighted by Gasteiger charge is 2.01. The monoisotopic (exact) mass is 217 g/mol. The van der Waals surface area contributed by atoms with Crippen LogP contribution in [0.4, 0.5) is 0 Å². The van der Waals surface area contributed by atoms with E-state index in [1.807, 2.05) is 6.92 Å². The smallest absolute Gasteiger partial charge is 0.0897 e. The zero-order valence-electron chi connectivity index (χ0n) is 10.3. The van der Waals surface area contributed by atoms with E-state index in [1.54, 1.807) is 0 Å². The second kappa shape index (κ2) is 12.0. The fraction of sp³-hybridized carbons (Fsp3) is 1.00. The number of nitrogens with one attached hydrogen (secondary N) is 1. The Morgan fingerprint density at radius 3 is 2.53 bits per heavy atom. The van der Waals surface area contributed by atoms with Crippen molar-refractivity contribution in [3.8, 4) is 0 Å². The topological polar surface area (TPSA) is 41.5 Å². The van der Waals surface area contributed by atoms with Gasteiger partial charge in [0, 0.05) is 13.2 Å². The van der Waals surface area contributed by atoms with Crippen molar-refractivity contribution < 1.29 is 9.84 Å². The van der Waals surface area contributed by atoms with E-state index in [9.17, 15) is 5.11 Å². The fourth-order valence-electron chi connectivity index (χ4n) is 1.40. The minimum Gasteiger partial charge on any atom is -0.389 e. The average molecular weight is 217 g/mol. The van der Waals surface area contributed by atoms with Crippen molar-refractivity contribution in [3.05, 3.63) is 0 Å². The molecule has 0 bridgehead atoms. The molecule has 1 unspecified atom stereocenters. The lowest BCUT2D eigenvalue weighted by Gasteiger charge is -2.11. The Kier molecular flexibility index (Phi) is 11.9. The van der Waals surface area contributed by atoms with Crippen LogP contribution in [-0.4, -0.2) is 37.5 Å². The third-order valence-corrected chi connectivity index (χ3v) is 2.33. The number of hydrogen-bond donors (Lipinski definition) is 2. The molecule has 92 valence electrons. The molecule has 0 aromatic carbocycles. The van der Waals surface area contributed by atoms with E-state index in [0.717, 1.165) is 19.6 Å². The van der Waals surface area contributed by atoms with E-state index >= 15 is 0 Å². The van der Waals surface area contributed by atoms with Gasteiger partial charge in [-0.15, -0.1) is 0 Å². The van der Waals surface area contributed by atoms with Crippen LogP contribution in [0.15, 0.2) is 0 Å². The number of unbranched alkanes of at least 4 members (excludes halogenated alkanes) is 4. The molecule has 15 heavy (non-hydrogen) atoms. The lowest BCUT2D eigenvalue weighted by Crippen LogP contribution is -2.30. The van der Waals surface area contributed by atoms with Gasteiger partial charge in [-0.3, -0.25) is 0 Å². The van der Waals surface area contributed by atoms with Gasteiger partial charge in [-0.1, -0.05) is 39.5 Å². The van der Waals surface area contributed by atoms with Crippen molar-refractivity contribution >= 4 is 0 Å². The normalized spacial score (nSPS) is 13.0. The summed E-state index contributed by atoms with van der Waals surface area (Å²) < 4.78 is 5.38. The highest BCUT2D eigenvalue weighted by Crippen LogP contribution is 2.02. The van der Waals surface area contributed by atoms with E-state index in [0.29, 0.717) is 13.2 Å². The lowest BCUT2D eigenvalue weighted by molar-refractivity contribution is 0.0357. The number of aliphatic hydroxyl groups is 1. The SMILES string of the molecule is CCCCCCCOCC(O)CNCC. The maximum atomic E-state index is 9.43. The molecule has 0 aromatic heterocycles.